The van der Waals surface area contributed by atoms with E-state index in [4.69, 9.17) is 0 Å². The van der Waals surface area contributed by atoms with Crippen LogP contribution >= 0.6 is 0 Å². The van der Waals surface area contributed by atoms with Crippen molar-refractivity contribution in [3.05, 3.63) is 29.8 Å². The van der Waals surface area contributed by atoms with Crippen molar-refractivity contribution in [3.63, 3.8) is 0 Å². The number of nitrogens with one attached hydrogen (secondary N) is 1. The molecule has 2 rings (SSSR count). The third kappa shape index (κ3) is 3.85. The predicted octanol–water partition coefficient (Wildman–Crippen LogP) is 2.12. The Labute approximate surface area is 131 Å². The summed E-state index contributed by atoms with van der Waals surface area (Å²) >= 11 is 0. The number of hydrogen-bond acceptors (Lipinski definition) is 3. The van der Waals surface area contributed by atoms with Crippen molar-refractivity contribution >= 4 is 17.5 Å². The van der Waals surface area contributed by atoms with Gasteiger partial charge in [0.15, 0.2) is 0 Å². The van der Waals surface area contributed by atoms with E-state index in [9.17, 15) is 14.7 Å². The van der Waals surface area contributed by atoms with Crippen LogP contribution in [0.15, 0.2) is 24.3 Å². The number of aliphatic hydroxyl groups is 1. The normalized spacial score (nSPS) is 16.8. The molecule has 1 aromatic carbocycles. The number of rotatable bonds is 7. The predicted molar refractivity (Wildman–Crippen MR) is 85.6 cm³/mol. The molecule has 0 radical (unpaired) electrons. The van der Waals surface area contributed by atoms with E-state index in [0.29, 0.717) is 13.1 Å². The largest absolute Gasteiger partial charge is 0.395 e. The summed E-state index contributed by atoms with van der Waals surface area (Å²) in [6.45, 7) is 3.01. The summed E-state index contributed by atoms with van der Waals surface area (Å²) in [5, 5.41) is 12.0. The van der Waals surface area contributed by atoms with E-state index in [2.05, 4.69) is 12.2 Å². The molecule has 0 aliphatic carbocycles. The molecule has 0 aromatic heterocycles. The Balaban J connectivity index is 2.17. The van der Waals surface area contributed by atoms with Crippen LogP contribution in [0.4, 0.5) is 5.69 Å². The SMILES string of the molecule is CCCCCN(CCO)C(=O)C1CC(=O)Nc2ccccc21. The van der Waals surface area contributed by atoms with Gasteiger partial charge in [0.25, 0.3) is 0 Å². The number of aliphatic hydroxyl groups excluding tert-OH is 1. The molecule has 0 fully saturated rings. The molecular weight excluding hydrogens is 280 g/mol. The minimum atomic E-state index is -0.446. The van der Waals surface area contributed by atoms with Crippen LogP contribution in [0.5, 0.6) is 0 Å². The van der Waals surface area contributed by atoms with E-state index >= 15 is 0 Å². The lowest BCUT2D eigenvalue weighted by molar-refractivity contribution is -0.135. The van der Waals surface area contributed by atoms with Crippen molar-refractivity contribution in [1.29, 1.82) is 0 Å². The molecule has 120 valence electrons. The Kier molecular flexibility index (Phi) is 5.95. The first-order valence-electron chi connectivity index (χ1n) is 7.95. The van der Waals surface area contributed by atoms with Crippen LogP contribution in [0, 0.1) is 0 Å². The van der Waals surface area contributed by atoms with Crippen LogP contribution < -0.4 is 5.32 Å². The molecule has 5 heteroatoms. The van der Waals surface area contributed by atoms with Gasteiger partial charge in [-0.25, -0.2) is 0 Å². The number of benzene rings is 1. The highest BCUT2D eigenvalue weighted by atomic mass is 16.3. The molecule has 0 saturated carbocycles. The molecule has 1 atom stereocenters. The van der Waals surface area contributed by atoms with Crippen LogP contribution in [0.2, 0.25) is 0 Å². The van der Waals surface area contributed by atoms with Crippen LogP contribution in [-0.4, -0.2) is 41.5 Å². The molecule has 1 heterocycles. The number of anilines is 1. The fraction of sp³-hybridized carbons (Fsp3) is 0.529. The van der Waals surface area contributed by atoms with Crippen molar-refractivity contribution in [3.8, 4) is 0 Å². The fourth-order valence-electron chi connectivity index (χ4n) is 2.86. The quantitative estimate of drug-likeness (QED) is 0.758. The van der Waals surface area contributed by atoms with Crippen molar-refractivity contribution < 1.29 is 14.7 Å². The summed E-state index contributed by atoms with van der Waals surface area (Å²) < 4.78 is 0. The van der Waals surface area contributed by atoms with Crippen molar-refractivity contribution in [2.75, 3.05) is 25.0 Å². The van der Waals surface area contributed by atoms with Gasteiger partial charge in [-0.05, 0) is 18.1 Å². The average molecular weight is 304 g/mol. The summed E-state index contributed by atoms with van der Waals surface area (Å²) in [5.74, 6) is -0.639. The van der Waals surface area contributed by atoms with Gasteiger partial charge in [0.2, 0.25) is 11.8 Å². The lowest BCUT2D eigenvalue weighted by Gasteiger charge is -2.30. The zero-order valence-corrected chi connectivity index (χ0v) is 13.0. The van der Waals surface area contributed by atoms with Crippen LogP contribution in [-0.2, 0) is 9.59 Å². The minimum Gasteiger partial charge on any atom is -0.395 e. The first-order valence-corrected chi connectivity index (χ1v) is 7.95. The van der Waals surface area contributed by atoms with E-state index in [-0.39, 0.29) is 24.8 Å². The van der Waals surface area contributed by atoms with Gasteiger partial charge in [-0.3, -0.25) is 9.59 Å². The molecule has 1 aliphatic rings. The van der Waals surface area contributed by atoms with E-state index in [1.165, 1.54) is 0 Å². The molecule has 0 spiro atoms. The van der Waals surface area contributed by atoms with E-state index < -0.39 is 5.92 Å². The third-order valence-corrected chi connectivity index (χ3v) is 4.01. The Hall–Kier alpha value is -1.88. The monoisotopic (exact) mass is 304 g/mol. The minimum absolute atomic E-state index is 0.0571. The van der Waals surface area contributed by atoms with Crippen molar-refractivity contribution in [2.45, 2.75) is 38.5 Å². The number of carbonyl (C=O) groups is 2. The van der Waals surface area contributed by atoms with Gasteiger partial charge in [0.1, 0.15) is 0 Å². The molecule has 1 aliphatic heterocycles. The molecule has 0 bridgehead atoms. The molecule has 1 unspecified atom stereocenters. The smallest absolute Gasteiger partial charge is 0.230 e. The van der Waals surface area contributed by atoms with Gasteiger partial charge in [0.05, 0.1) is 12.5 Å². The Morgan fingerprint density at radius 1 is 1.32 bits per heavy atom. The molecule has 2 amide bonds. The molecule has 0 saturated heterocycles. The Morgan fingerprint density at radius 2 is 2.09 bits per heavy atom. The summed E-state index contributed by atoms with van der Waals surface area (Å²) in [4.78, 5) is 26.4. The standard InChI is InChI=1S/C17H24N2O3/c1-2-3-6-9-19(10-11-20)17(22)14-12-16(21)18-15-8-5-4-7-13(14)15/h4-5,7-8,14,20H,2-3,6,9-12H2,1H3,(H,18,21). The summed E-state index contributed by atoms with van der Waals surface area (Å²) in [6, 6.07) is 7.43. The highest BCUT2D eigenvalue weighted by molar-refractivity contribution is 6.01. The van der Waals surface area contributed by atoms with Crippen molar-refractivity contribution in [2.24, 2.45) is 0 Å². The number of carbonyl (C=O) groups excluding carboxylic acids is 2. The molecule has 1 aromatic rings. The molecule has 2 N–H and O–H groups in total. The van der Waals surface area contributed by atoms with E-state index in [0.717, 1.165) is 30.5 Å². The lowest BCUT2D eigenvalue weighted by atomic mass is 9.89. The Bertz CT molecular complexity index is 530. The van der Waals surface area contributed by atoms with Gasteiger partial charge in [-0.1, -0.05) is 38.0 Å². The van der Waals surface area contributed by atoms with Gasteiger partial charge in [-0.15, -0.1) is 0 Å². The number of fused-ring (bicyclic) bond motifs is 1. The summed E-state index contributed by atoms with van der Waals surface area (Å²) in [5.41, 5.74) is 1.58. The highest BCUT2D eigenvalue weighted by Crippen LogP contribution is 2.33. The molecule has 5 nitrogen and oxygen atoms in total. The van der Waals surface area contributed by atoms with Crippen LogP contribution in [0.1, 0.15) is 44.1 Å². The molecule has 22 heavy (non-hydrogen) atoms. The number of hydrogen-bond donors (Lipinski definition) is 2. The zero-order valence-electron chi connectivity index (χ0n) is 13.0. The summed E-state index contributed by atoms with van der Waals surface area (Å²) in [6.07, 6.45) is 3.22. The lowest BCUT2D eigenvalue weighted by Crippen LogP contribution is -2.40. The maximum atomic E-state index is 12.8. The third-order valence-electron chi connectivity index (χ3n) is 4.01. The second kappa shape index (κ2) is 7.94. The van der Waals surface area contributed by atoms with Gasteiger partial charge >= 0.3 is 0 Å². The number of para-hydroxylation sites is 1. The van der Waals surface area contributed by atoms with Gasteiger partial charge in [0, 0.05) is 25.2 Å². The summed E-state index contributed by atoms with van der Waals surface area (Å²) in [7, 11) is 0. The number of nitrogens with zero attached hydrogens (tertiary/aromatic N) is 1. The van der Waals surface area contributed by atoms with E-state index in [1.807, 2.05) is 24.3 Å². The molecular formula is C17H24N2O3. The first kappa shape index (κ1) is 16.5. The van der Waals surface area contributed by atoms with Gasteiger partial charge in [-0.2, -0.15) is 0 Å². The van der Waals surface area contributed by atoms with Crippen LogP contribution in [0.25, 0.3) is 0 Å². The fourth-order valence-corrected chi connectivity index (χ4v) is 2.86. The maximum Gasteiger partial charge on any atom is 0.230 e. The number of unbranched alkanes of at least 4 members (excludes halogenated alkanes) is 2. The van der Waals surface area contributed by atoms with E-state index in [1.54, 1.807) is 4.90 Å². The second-order valence-electron chi connectivity index (χ2n) is 5.65. The second-order valence-corrected chi connectivity index (χ2v) is 5.65. The topological polar surface area (TPSA) is 69.6 Å². The number of amides is 2. The maximum absolute atomic E-state index is 12.8. The van der Waals surface area contributed by atoms with Gasteiger partial charge < -0.3 is 15.3 Å². The van der Waals surface area contributed by atoms with Crippen LogP contribution in [0.3, 0.4) is 0 Å². The average Bonchev–Trinajstić information content (AvgIpc) is 2.52. The first-order chi connectivity index (χ1) is 10.7. The highest BCUT2D eigenvalue weighted by Gasteiger charge is 2.32. The Morgan fingerprint density at radius 3 is 2.82 bits per heavy atom. The zero-order chi connectivity index (χ0) is 15.9. The van der Waals surface area contributed by atoms with Crippen molar-refractivity contribution in [1.82, 2.24) is 4.90 Å².